The van der Waals surface area contributed by atoms with Crippen molar-refractivity contribution in [3.8, 4) is 0 Å². The Bertz CT molecular complexity index is 398. The summed E-state index contributed by atoms with van der Waals surface area (Å²) < 4.78 is 5.60. The number of nitrogens with one attached hydrogen (secondary N) is 1. The molecule has 1 heterocycles. The topological polar surface area (TPSA) is 24.5 Å². The van der Waals surface area contributed by atoms with Crippen LogP contribution in [-0.2, 0) is 4.74 Å². The Morgan fingerprint density at radius 1 is 1.40 bits per heavy atom. The molecule has 1 aliphatic heterocycles. The molecule has 0 radical (unpaired) electrons. The summed E-state index contributed by atoms with van der Waals surface area (Å²) in [6.45, 7) is 5.16. The number of ether oxygens (including phenoxy) is 1. The number of hydrogen-bond acceptors (Lipinski definition) is 3. The lowest BCUT2D eigenvalue weighted by Crippen LogP contribution is -2.32. The summed E-state index contributed by atoms with van der Waals surface area (Å²) in [6.07, 6.45) is 3.60. The monoisotopic (exact) mass is 276 g/mol. The first-order valence-electron chi connectivity index (χ1n) is 7.81. The van der Waals surface area contributed by atoms with Crippen molar-refractivity contribution in [2.45, 2.75) is 32.2 Å². The number of rotatable bonds is 6. The Morgan fingerprint density at radius 3 is 2.85 bits per heavy atom. The average Bonchev–Trinajstić information content (AvgIpc) is 2.50. The number of anilines is 1. The third kappa shape index (κ3) is 3.74. The van der Waals surface area contributed by atoms with E-state index in [9.17, 15) is 0 Å². The lowest BCUT2D eigenvalue weighted by molar-refractivity contribution is 0.0576. The Hall–Kier alpha value is -1.06. The molecule has 2 rings (SSSR count). The molecule has 0 aliphatic carbocycles. The predicted molar refractivity (Wildman–Crippen MR) is 85.3 cm³/mol. The zero-order valence-electron chi connectivity index (χ0n) is 13.1. The fourth-order valence-electron chi connectivity index (χ4n) is 3.15. The molecule has 2 atom stereocenters. The van der Waals surface area contributed by atoms with Gasteiger partial charge in [-0.1, -0.05) is 25.1 Å². The van der Waals surface area contributed by atoms with Gasteiger partial charge in [-0.15, -0.1) is 0 Å². The Morgan fingerprint density at radius 2 is 2.20 bits per heavy atom. The molecule has 3 heteroatoms. The summed E-state index contributed by atoms with van der Waals surface area (Å²) >= 11 is 0. The maximum absolute atomic E-state index is 5.60. The molecule has 20 heavy (non-hydrogen) atoms. The van der Waals surface area contributed by atoms with Gasteiger partial charge in [0.15, 0.2) is 0 Å². The highest BCUT2D eigenvalue weighted by Gasteiger charge is 2.19. The van der Waals surface area contributed by atoms with Crippen molar-refractivity contribution in [3.63, 3.8) is 0 Å². The van der Waals surface area contributed by atoms with E-state index in [-0.39, 0.29) is 0 Å². The van der Waals surface area contributed by atoms with Crippen molar-refractivity contribution in [2.24, 2.45) is 5.92 Å². The summed E-state index contributed by atoms with van der Waals surface area (Å²) in [6, 6.07) is 9.18. The minimum atomic E-state index is 0.427. The second-order valence-corrected chi connectivity index (χ2v) is 5.77. The molecule has 1 aromatic carbocycles. The molecule has 0 spiro atoms. The summed E-state index contributed by atoms with van der Waals surface area (Å²) in [4.78, 5) is 2.40. The highest BCUT2D eigenvalue weighted by molar-refractivity contribution is 5.54. The first kappa shape index (κ1) is 15.3. The maximum Gasteiger partial charge on any atom is 0.0511 e. The van der Waals surface area contributed by atoms with Crippen LogP contribution in [0, 0.1) is 5.92 Å². The van der Waals surface area contributed by atoms with Crippen LogP contribution in [0.3, 0.4) is 0 Å². The third-order valence-electron chi connectivity index (χ3n) is 4.27. The van der Waals surface area contributed by atoms with Gasteiger partial charge in [-0.05, 0) is 43.9 Å². The molecular weight excluding hydrogens is 248 g/mol. The van der Waals surface area contributed by atoms with Crippen LogP contribution in [0.25, 0.3) is 0 Å². The summed E-state index contributed by atoms with van der Waals surface area (Å²) in [7, 11) is 4.25. The van der Waals surface area contributed by atoms with Crippen molar-refractivity contribution in [3.05, 3.63) is 29.8 Å². The van der Waals surface area contributed by atoms with E-state index in [2.05, 4.69) is 48.5 Å². The summed E-state index contributed by atoms with van der Waals surface area (Å²) in [5.74, 6) is 0.663. The number of hydrogen-bond donors (Lipinski definition) is 1. The van der Waals surface area contributed by atoms with Crippen molar-refractivity contribution >= 4 is 5.69 Å². The van der Waals surface area contributed by atoms with E-state index in [1.807, 2.05) is 7.05 Å². The van der Waals surface area contributed by atoms with Crippen molar-refractivity contribution in [1.82, 2.24) is 5.32 Å². The molecule has 1 saturated heterocycles. The second-order valence-electron chi connectivity index (χ2n) is 5.77. The smallest absolute Gasteiger partial charge is 0.0511 e. The molecule has 0 saturated carbocycles. The fourth-order valence-corrected chi connectivity index (χ4v) is 3.15. The molecule has 1 aromatic rings. The molecule has 112 valence electrons. The van der Waals surface area contributed by atoms with E-state index in [0.717, 1.165) is 26.2 Å². The third-order valence-corrected chi connectivity index (χ3v) is 4.27. The molecule has 1 fully saturated rings. The van der Waals surface area contributed by atoms with E-state index in [1.165, 1.54) is 24.1 Å². The largest absolute Gasteiger partial charge is 0.381 e. The molecule has 2 unspecified atom stereocenters. The van der Waals surface area contributed by atoms with Gasteiger partial charge in [-0.2, -0.15) is 0 Å². The van der Waals surface area contributed by atoms with Gasteiger partial charge in [0.05, 0.1) is 6.61 Å². The Balaban J connectivity index is 2.10. The molecule has 1 aliphatic rings. The molecule has 3 nitrogen and oxygen atoms in total. The van der Waals surface area contributed by atoms with Crippen LogP contribution < -0.4 is 10.2 Å². The van der Waals surface area contributed by atoms with Crippen LogP contribution in [0.15, 0.2) is 24.3 Å². The first-order chi connectivity index (χ1) is 9.76. The average molecular weight is 276 g/mol. The molecule has 1 N–H and O–H groups in total. The van der Waals surface area contributed by atoms with Gasteiger partial charge in [-0.3, -0.25) is 0 Å². The van der Waals surface area contributed by atoms with Gasteiger partial charge < -0.3 is 15.0 Å². The molecule has 0 bridgehead atoms. The second kappa shape index (κ2) is 7.65. The van der Waals surface area contributed by atoms with Gasteiger partial charge >= 0.3 is 0 Å². The van der Waals surface area contributed by atoms with Crippen LogP contribution in [0.2, 0.25) is 0 Å². The number of benzene rings is 1. The number of para-hydroxylation sites is 1. The van der Waals surface area contributed by atoms with Crippen LogP contribution in [0.1, 0.15) is 37.8 Å². The standard InChI is InChI=1S/C17H28N2O/c1-4-16(18-2)15-9-5-6-10-17(15)19(3)12-14-8-7-11-20-13-14/h5-6,9-10,14,16,18H,4,7-8,11-13H2,1-3H3. The van der Waals surface area contributed by atoms with E-state index in [0.29, 0.717) is 12.0 Å². The first-order valence-corrected chi connectivity index (χ1v) is 7.81. The van der Waals surface area contributed by atoms with Gasteiger partial charge in [0.25, 0.3) is 0 Å². The molecule has 0 aromatic heterocycles. The minimum absolute atomic E-state index is 0.427. The van der Waals surface area contributed by atoms with E-state index < -0.39 is 0 Å². The van der Waals surface area contributed by atoms with Crippen LogP contribution >= 0.6 is 0 Å². The van der Waals surface area contributed by atoms with Gasteiger partial charge in [0.2, 0.25) is 0 Å². The van der Waals surface area contributed by atoms with E-state index in [4.69, 9.17) is 4.74 Å². The predicted octanol–water partition coefficient (Wildman–Crippen LogP) is 3.22. The van der Waals surface area contributed by atoms with Crippen molar-refractivity contribution < 1.29 is 4.74 Å². The Kier molecular flexibility index (Phi) is 5.86. The normalized spacial score (nSPS) is 20.6. The maximum atomic E-state index is 5.60. The van der Waals surface area contributed by atoms with Crippen LogP contribution in [0.4, 0.5) is 5.69 Å². The summed E-state index contributed by atoms with van der Waals surface area (Å²) in [5.41, 5.74) is 2.75. The number of nitrogens with zero attached hydrogens (tertiary/aromatic N) is 1. The zero-order valence-corrected chi connectivity index (χ0v) is 13.1. The lowest BCUT2D eigenvalue weighted by Gasteiger charge is -2.31. The Labute approximate surface area is 123 Å². The lowest BCUT2D eigenvalue weighted by atomic mass is 9.99. The quantitative estimate of drug-likeness (QED) is 0.863. The highest BCUT2D eigenvalue weighted by atomic mass is 16.5. The van der Waals surface area contributed by atoms with Gasteiger partial charge in [0.1, 0.15) is 0 Å². The molecule has 0 amide bonds. The summed E-state index contributed by atoms with van der Waals surface area (Å²) in [5, 5.41) is 3.42. The van der Waals surface area contributed by atoms with Gasteiger partial charge in [-0.25, -0.2) is 0 Å². The van der Waals surface area contributed by atoms with Crippen LogP contribution in [0.5, 0.6) is 0 Å². The van der Waals surface area contributed by atoms with E-state index >= 15 is 0 Å². The van der Waals surface area contributed by atoms with Crippen LogP contribution in [-0.4, -0.2) is 33.9 Å². The zero-order chi connectivity index (χ0) is 14.4. The SMILES string of the molecule is CCC(NC)c1ccccc1N(C)CC1CCCOC1. The van der Waals surface area contributed by atoms with Gasteiger partial charge in [0, 0.05) is 31.9 Å². The molecular formula is C17H28N2O. The van der Waals surface area contributed by atoms with Crippen molar-refractivity contribution in [2.75, 3.05) is 38.8 Å². The highest BCUT2D eigenvalue weighted by Crippen LogP contribution is 2.28. The minimum Gasteiger partial charge on any atom is -0.381 e. The fraction of sp³-hybridized carbons (Fsp3) is 0.647. The van der Waals surface area contributed by atoms with Crippen molar-refractivity contribution in [1.29, 1.82) is 0 Å². The van der Waals surface area contributed by atoms with E-state index in [1.54, 1.807) is 0 Å².